The van der Waals surface area contributed by atoms with E-state index < -0.39 is 0 Å². The number of carbonyl (C=O) groups is 1. The van der Waals surface area contributed by atoms with Gasteiger partial charge < -0.3 is 5.32 Å². The summed E-state index contributed by atoms with van der Waals surface area (Å²) in [7, 11) is 0. The molecule has 3 aromatic heterocycles. The van der Waals surface area contributed by atoms with E-state index in [0.717, 1.165) is 22.1 Å². The van der Waals surface area contributed by atoms with Crippen LogP contribution >= 0.6 is 0 Å². The molecular formula is C22H18N4O. The first-order valence-corrected chi connectivity index (χ1v) is 8.70. The molecule has 5 nitrogen and oxygen atoms in total. The number of rotatable bonds is 4. The molecule has 0 spiro atoms. The van der Waals surface area contributed by atoms with Gasteiger partial charge in [-0.25, -0.2) is 9.97 Å². The molecule has 0 bridgehead atoms. The third kappa shape index (κ3) is 3.67. The van der Waals surface area contributed by atoms with Crippen molar-refractivity contribution in [1.29, 1.82) is 0 Å². The second kappa shape index (κ2) is 7.33. The topological polar surface area (TPSA) is 67.8 Å². The first kappa shape index (κ1) is 16.8. The molecule has 0 fully saturated rings. The molecule has 0 aliphatic rings. The van der Waals surface area contributed by atoms with Gasteiger partial charge in [0.1, 0.15) is 0 Å². The van der Waals surface area contributed by atoms with Crippen molar-refractivity contribution < 1.29 is 4.79 Å². The predicted octanol–water partition coefficient (Wildman–Crippen LogP) is 3.93. The minimum Gasteiger partial charge on any atom is -0.348 e. The molecule has 0 atom stereocenters. The van der Waals surface area contributed by atoms with E-state index in [4.69, 9.17) is 0 Å². The first-order valence-electron chi connectivity index (χ1n) is 8.70. The van der Waals surface area contributed by atoms with Crippen molar-refractivity contribution in [2.45, 2.75) is 13.5 Å². The summed E-state index contributed by atoms with van der Waals surface area (Å²) in [6.07, 6.45) is 5.29. The summed E-state index contributed by atoms with van der Waals surface area (Å²) in [5.74, 6) is -0.137. The molecule has 0 radical (unpaired) electrons. The van der Waals surface area contributed by atoms with E-state index in [1.165, 1.54) is 0 Å². The summed E-state index contributed by atoms with van der Waals surface area (Å²) in [5.41, 5.74) is 5.09. The maximum absolute atomic E-state index is 12.6. The quantitative estimate of drug-likeness (QED) is 0.603. The zero-order valence-corrected chi connectivity index (χ0v) is 14.9. The van der Waals surface area contributed by atoms with Gasteiger partial charge in [-0.15, -0.1) is 0 Å². The molecule has 0 aliphatic heterocycles. The Kier molecular flexibility index (Phi) is 4.58. The molecule has 5 heteroatoms. The highest BCUT2D eigenvalue weighted by atomic mass is 16.1. The fraction of sp³-hybridized carbons (Fsp3) is 0.0909. The molecular weight excluding hydrogens is 336 g/mol. The van der Waals surface area contributed by atoms with Crippen LogP contribution in [-0.4, -0.2) is 20.9 Å². The highest BCUT2D eigenvalue weighted by Crippen LogP contribution is 2.19. The Morgan fingerprint density at radius 2 is 1.81 bits per heavy atom. The number of hydrogen-bond donors (Lipinski definition) is 1. The summed E-state index contributed by atoms with van der Waals surface area (Å²) in [4.78, 5) is 25.4. The number of benzene rings is 1. The second-order valence-corrected chi connectivity index (χ2v) is 6.29. The number of pyridine rings is 3. The number of carbonyl (C=O) groups excluding carboxylic acids is 1. The Hall–Kier alpha value is -3.60. The van der Waals surface area contributed by atoms with Gasteiger partial charge in [0.25, 0.3) is 5.91 Å². The van der Waals surface area contributed by atoms with E-state index >= 15 is 0 Å². The van der Waals surface area contributed by atoms with E-state index in [-0.39, 0.29) is 5.91 Å². The van der Waals surface area contributed by atoms with E-state index in [1.807, 2.05) is 67.7 Å². The smallest absolute Gasteiger partial charge is 0.253 e. The van der Waals surface area contributed by atoms with Gasteiger partial charge >= 0.3 is 0 Å². The number of amides is 1. The molecule has 0 saturated heterocycles. The lowest BCUT2D eigenvalue weighted by Gasteiger charge is -2.09. The number of aromatic nitrogens is 3. The largest absolute Gasteiger partial charge is 0.348 e. The maximum atomic E-state index is 12.6. The zero-order valence-electron chi connectivity index (χ0n) is 14.9. The summed E-state index contributed by atoms with van der Waals surface area (Å²) in [5, 5.41) is 3.82. The van der Waals surface area contributed by atoms with Gasteiger partial charge in [0.05, 0.1) is 11.3 Å². The van der Waals surface area contributed by atoms with Crippen molar-refractivity contribution in [2.75, 3.05) is 0 Å². The van der Waals surface area contributed by atoms with Gasteiger partial charge in [-0.1, -0.05) is 30.3 Å². The van der Waals surface area contributed by atoms with E-state index in [2.05, 4.69) is 20.3 Å². The van der Waals surface area contributed by atoms with Crippen molar-refractivity contribution in [1.82, 2.24) is 20.3 Å². The van der Waals surface area contributed by atoms with Crippen LogP contribution in [0.5, 0.6) is 0 Å². The third-order valence-electron chi connectivity index (χ3n) is 4.43. The molecule has 0 aliphatic carbocycles. The van der Waals surface area contributed by atoms with Crippen molar-refractivity contribution in [2.24, 2.45) is 0 Å². The van der Waals surface area contributed by atoms with Crippen LogP contribution in [0, 0.1) is 6.92 Å². The second-order valence-electron chi connectivity index (χ2n) is 6.29. The molecule has 4 aromatic rings. The lowest BCUT2D eigenvalue weighted by atomic mass is 10.1. The Labute approximate surface area is 157 Å². The lowest BCUT2D eigenvalue weighted by Crippen LogP contribution is -2.24. The number of nitrogens with zero attached hydrogens (tertiary/aromatic N) is 3. The molecule has 0 saturated carbocycles. The summed E-state index contributed by atoms with van der Waals surface area (Å²) >= 11 is 0. The average molecular weight is 354 g/mol. The zero-order chi connectivity index (χ0) is 18.6. The predicted molar refractivity (Wildman–Crippen MR) is 105 cm³/mol. The van der Waals surface area contributed by atoms with Crippen LogP contribution in [0.3, 0.4) is 0 Å². The Balaban J connectivity index is 1.47. The molecule has 4 rings (SSSR count). The minimum atomic E-state index is -0.137. The van der Waals surface area contributed by atoms with E-state index in [1.54, 1.807) is 12.4 Å². The van der Waals surface area contributed by atoms with E-state index in [9.17, 15) is 4.79 Å². The average Bonchev–Trinajstić information content (AvgIpc) is 2.72. The molecule has 1 aromatic carbocycles. The van der Waals surface area contributed by atoms with Crippen molar-refractivity contribution in [3.05, 3.63) is 90.0 Å². The first-order chi connectivity index (χ1) is 13.2. The summed E-state index contributed by atoms with van der Waals surface area (Å²) in [6, 6.07) is 17.6. The van der Waals surface area contributed by atoms with Crippen LogP contribution in [0.15, 0.2) is 73.2 Å². The van der Waals surface area contributed by atoms with Crippen LogP contribution < -0.4 is 5.32 Å². The molecule has 3 heterocycles. The summed E-state index contributed by atoms with van der Waals surface area (Å²) < 4.78 is 0. The molecule has 132 valence electrons. The molecule has 1 amide bonds. The SMILES string of the molecule is Cc1nc2ncccc2cc1C(=O)NCc1ccc(-c2cccnc2)cc1. The minimum absolute atomic E-state index is 0.137. The van der Waals surface area contributed by atoms with Crippen LogP contribution in [0.2, 0.25) is 0 Å². The van der Waals surface area contributed by atoms with Gasteiger partial charge in [0, 0.05) is 30.5 Å². The van der Waals surface area contributed by atoms with Crippen LogP contribution in [0.25, 0.3) is 22.2 Å². The highest BCUT2D eigenvalue weighted by Gasteiger charge is 2.12. The lowest BCUT2D eigenvalue weighted by molar-refractivity contribution is 0.0950. The monoisotopic (exact) mass is 354 g/mol. The normalized spacial score (nSPS) is 10.7. The fourth-order valence-corrected chi connectivity index (χ4v) is 2.95. The van der Waals surface area contributed by atoms with Crippen molar-refractivity contribution >= 4 is 16.9 Å². The number of aryl methyl sites for hydroxylation is 1. The Morgan fingerprint density at radius 3 is 2.59 bits per heavy atom. The molecule has 27 heavy (non-hydrogen) atoms. The maximum Gasteiger partial charge on any atom is 0.253 e. The Bertz CT molecular complexity index is 1090. The van der Waals surface area contributed by atoms with Crippen LogP contribution in [0.1, 0.15) is 21.6 Å². The summed E-state index contributed by atoms with van der Waals surface area (Å²) in [6.45, 7) is 2.28. The van der Waals surface area contributed by atoms with Crippen LogP contribution in [0.4, 0.5) is 0 Å². The highest BCUT2D eigenvalue weighted by molar-refractivity contribution is 5.98. The third-order valence-corrected chi connectivity index (χ3v) is 4.43. The fourth-order valence-electron chi connectivity index (χ4n) is 2.95. The number of fused-ring (bicyclic) bond motifs is 1. The molecule has 1 N–H and O–H groups in total. The number of hydrogen-bond acceptors (Lipinski definition) is 4. The van der Waals surface area contributed by atoms with Gasteiger partial charge in [0.15, 0.2) is 5.65 Å². The Morgan fingerprint density at radius 1 is 1.00 bits per heavy atom. The van der Waals surface area contributed by atoms with Crippen molar-refractivity contribution in [3.8, 4) is 11.1 Å². The van der Waals surface area contributed by atoms with Gasteiger partial charge in [-0.3, -0.25) is 9.78 Å². The van der Waals surface area contributed by atoms with Crippen molar-refractivity contribution in [3.63, 3.8) is 0 Å². The van der Waals surface area contributed by atoms with Gasteiger partial charge in [0.2, 0.25) is 0 Å². The van der Waals surface area contributed by atoms with Gasteiger partial charge in [-0.05, 0) is 47.9 Å². The van der Waals surface area contributed by atoms with Gasteiger partial charge in [-0.2, -0.15) is 0 Å². The van der Waals surface area contributed by atoms with Crippen LogP contribution in [-0.2, 0) is 6.54 Å². The van der Waals surface area contributed by atoms with E-state index in [0.29, 0.717) is 23.4 Å². The number of nitrogens with one attached hydrogen (secondary N) is 1. The molecule has 0 unspecified atom stereocenters. The standard InChI is InChI=1S/C22H18N4O/c1-15-20(12-18-4-3-11-24-21(18)26-15)22(27)25-13-16-6-8-17(9-7-16)19-5-2-10-23-14-19/h2-12,14H,13H2,1H3,(H,25,27).